The first-order chi connectivity index (χ1) is 14.2. The van der Waals surface area contributed by atoms with Crippen molar-refractivity contribution in [3.05, 3.63) is 36.5 Å². The molecule has 1 rings (SSSR count). The van der Waals surface area contributed by atoms with Crippen LogP contribution in [-0.2, 0) is 9.53 Å². The Morgan fingerprint density at radius 1 is 1.12 bits per heavy atom. The van der Waals surface area contributed by atoms with Crippen LogP contribution < -0.4 is 10.1 Å². The number of carbonyl (C=O) groups excluding carboxylic acids is 1. The number of carbonyl (C=O) groups is 1. The zero-order valence-electron chi connectivity index (χ0n) is 16.9. The lowest BCUT2D eigenvalue weighted by Gasteiger charge is -2.38. The lowest BCUT2D eigenvalue weighted by Crippen LogP contribution is -2.62. The molecule has 0 heterocycles. The van der Waals surface area contributed by atoms with Crippen LogP contribution in [-0.4, -0.2) is 52.0 Å². The highest BCUT2D eigenvalue weighted by Crippen LogP contribution is 2.50. The number of benzene rings is 1. The van der Waals surface area contributed by atoms with Crippen molar-refractivity contribution < 1.29 is 53.4 Å². The molecule has 0 aliphatic carbocycles. The second-order valence-corrected chi connectivity index (χ2v) is 11.8. The van der Waals surface area contributed by atoms with Gasteiger partial charge in [0.1, 0.15) is 8.07 Å². The topological polar surface area (TPSA) is 29.5 Å². The standard InChI is InChI=1S/C18H19F10NO2Si/c1-5-32(3,4)12-8-6-7-11(9-12)29(2)14(30)13(17(23,24)25)16(22,18(26,27)28)31-15(20,21)10-19/h5-9,13H,1,10H2,2-4H3. The second kappa shape index (κ2) is 9.04. The highest BCUT2D eigenvalue weighted by Gasteiger charge is 2.75. The van der Waals surface area contributed by atoms with E-state index < -0.39 is 50.9 Å². The van der Waals surface area contributed by atoms with Gasteiger partial charge in [-0.1, -0.05) is 36.1 Å². The van der Waals surface area contributed by atoms with Crippen molar-refractivity contribution in [2.75, 3.05) is 18.6 Å². The van der Waals surface area contributed by atoms with Crippen LogP contribution in [0.5, 0.6) is 0 Å². The van der Waals surface area contributed by atoms with E-state index >= 15 is 0 Å². The lowest BCUT2D eigenvalue weighted by atomic mass is 9.96. The van der Waals surface area contributed by atoms with Crippen LogP contribution >= 0.6 is 0 Å². The molecule has 0 saturated heterocycles. The van der Waals surface area contributed by atoms with E-state index in [0.29, 0.717) is 12.2 Å². The van der Waals surface area contributed by atoms with Gasteiger partial charge in [0.05, 0.1) is 0 Å². The summed E-state index contributed by atoms with van der Waals surface area (Å²) in [4.78, 5) is 12.5. The molecule has 1 amide bonds. The van der Waals surface area contributed by atoms with Gasteiger partial charge in [-0.15, -0.1) is 6.58 Å². The number of hydrogen-bond acceptors (Lipinski definition) is 2. The summed E-state index contributed by atoms with van der Waals surface area (Å²) in [5, 5.41) is 0.510. The van der Waals surface area contributed by atoms with Gasteiger partial charge >= 0.3 is 24.3 Å². The predicted octanol–water partition coefficient (Wildman–Crippen LogP) is 5.28. The van der Waals surface area contributed by atoms with Crippen LogP contribution in [0, 0.1) is 5.92 Å². The summed E-state index contributed by atoms with van der Waals surface area (Å²) in [6.07, 6.45) is -18.7. The number of alkyl halides is 10. The molecule has 0 aromatic heterocycles. The van der Waals surface area contributed by atoms with Gasteiger partial charge in [0.15, 0.2) is 6.67 Å². The third-order valence-corrected chi connectivity index (χ3v) is 7.42. The van der Waals surface area contributed by atoms with E-state index in [1.54, 1.807) is 18.8 Å². The van der Waals surface area contributed by atoms with E-state index in [9.17, 15) is 48.7 Å². The van der Waals surface area contributed by atoms with E-state index in [0.717, 1.165) is 6.07 Å². The molecule has 0 saturated carbocycles. The monoisotopic (exact) mass is 499 g/mol. The molecule has 2 unspecified atom stereocenters. The Bertz CT molecular complexity index is 840. The van der Waals surface area contributed by atoms with Crippen molar-refractivity contribution in [2.45, 2.75) is 37.4 Å². The number of halogens is 10. The molecule has 182 valence electrons. The number of rotatable bonds is 8. The maximum Gasteiger partial charge on any atom is 0.449 e. The Morgan fingerprint density at radius 2 is 1.66 bits per heavy atom. The van der Waals surface area contributed by atoms with Gasteiger partial charge in [0.2, 0.25) is 11.8 Å². The van der Waals surface area contributed by atoms with E-state index in [4.69, 9.17) is 0 Å². The Hall–Kier alpha value is -2.09. The molecule has 0 radical (unpaired) electrons. The predicted molar refractivity (Wildman–Crippen MR) is 98.6 cm³/mol. The van der Waals surface area contributed by atoms with Crippen LogP contribution in [0.2, 0.25) is 13.1 Å². The van der Waals surface area contributed by atoms with Gasteiger partial charge < -0.3 is 4.90 Å². The van der Waals surface area contributed by atoms with Crippen molar-refractivity contribution in [3.63, 3.8) is 0 Å². The van der Waals surface area contributed by atoms with Gasteiger partial charge in [-0.2, -0.15) is 35.1 Å². The molecule has 0 fully saturated rings. The van der Waals surface area contributed by atoms with Gasteiger partial charge in [-0.3, -0.25) is 9.53 Å². The Morgan fingerprint density at radius 3 is 2.06 bits per heavy atom. The number of amides is 1. The molecular formula is C18H19F10NO2Si. The summed E-state index contributed by atoms with van der Waals surface area (Å²) in [5.74, 6) is -13.6. The molecule has 1 aromatic carbocycles. The molecule has 0 aliphatic rings. The van der Waals surface area contributed by atoms with Crippen LogP contribution in [0.25, 0.3) is 0 Å². The van der Waals surface area contributed by atoms with Crippen molar-refractivity contribution in [1.29, 1.82) is 0 Å². The van der Waals surface area contributed by atoms with E-state index in [2.05, 4.69) is 11.3 Å². The summed E-state index contributed by atoms with van der Waals surface area (Å²) in [7, 11) is -1.74. The first kappa shape index (κ1) is 27.9. The van der Waals surface area contributed by atoms with Crippen LogP contribution in [0.4, 0.5) is 49.6 Å². The average molecular weight is 499 g/mol. The quantitative estimate of drug-likeness (QED) is 0.360. The largest absolute Gasteiger partial charge is 0.449 e. The molecule has 2 atom stereocenters. The number of hydrogen-bond donors (Lipinski definition) is 0. The third-order valence-electron chi connectivity index (χ3n) is 4.60. The highest BCUT2D eigenvalue weighted by molar-refractivity contribution is 6.93. The maximum atomic E-state index is 14.6. The Labute approximate surface area is 177 Å². The molecular weight excluding hydrogens is 480 g/mol. The van der Waals surface area contributed by atoms with Crippen LogP contribution in [0.3, 0.4) is 0 Å². The highest BCUT2D eigenvalue weighted by atomic mass is 28.3. The second-order valence-electron chi connectivity index (χ2n) is 7.36. The maximum absolute atomic E-state index is 14.6. The Kier molecular flexibility index (Phi) is 7.89. The molecule has 14 heteroatoms. The van der Waals surface area contributed by atoms with Gasteiger partial charge in [0, 0.05) is 12.7 Å². The van der Waals surface area contributed by atoms with Crippen LogP contribution in [0.1, 0.15) is 0 Å². The molecule has 3 nitrogen and oxygen atoms in total. The minimum Gasteiger partial charge on any atom is -0.315 e. The van der Waals surface area contributed by atoms with E-state index in [-0.39, 0.29) is 10.6 Å². The fourth-order valence-electron chi connectivity index (χ4n) is 2.59. The first-order valence-corrected chi connectivity index (χ1v) is 11.8. The molecule has 1 aromatic rings. The van der Waals surface area contributed by atoms with Gasteiger partial charge in [0.25, 0.3) is 0 Å². The Balaban J connectivity index is 3.61. The SMILES string of the molecule is C=C[Si](C)(C)c1cccc(N(C)C(=O)C(C(F)(F)F)C(F)(OC(F)(F)CF)C(F)(F)F)c1. The first-order valence-electron chi connectivity index (χ1n) is 8.71. The third kappa shape index (κ3) is 5.82. The summed E-state index contributed by atoms with van der Waals surface area (Å²) in [6, 6.07) is 5.06. The molecule has 0 aliphatic heterocycles. The minimum atomic E-state index is -6.78. The lowest BCUT2D eigenvalue weighted by molar-refractivity contribution is -0.440. The fraction of sp³-hybridized carbons (Fsp3) is 0.500. The summed E-state index contributed by atoms with van der Waals surface area (Å²) < 4.78 is 136. The van der Waals surface area contributed by atoms with E-state index in [1.165, 1.54) is 18.2 Å². The van der Waals surface area contributed by atoms with Gasteiger partial charge in [-0.25, -0.2) is 8.78 Å². The molecule has 0 bridgehead atoms. The van der Waals surface area contributed by atoms with Crippen molar-refractivity contribution in [2.24, 2.45) is 5.92 Å². The van der Waals surface area contributed by atoms with Crippen molar-refractivity contribution >= 4 is 24.9 Å². The number of anilines is 1. The minimum absolute atomic E-state index is 0.0340. The fourth-order valence-corrected chi connectivity index (χ4v) is 3.87. The zero-order chi connectivity index (χ0) is 25.3. The normalized spacial score (nSPS) is 16.3. The van der Waals surface area contributed by atoms with Crippen LogP contribution in [0.15, 0.2) is 36.5 Å². The summed E-state index contributed by atoms with van der Waals surface area (Å²) >= 11 is 0. The van der Waals surface area contributed by atoms with Gasteiger partial charge in [-0.05, 0) is 12.1 Å². The molecule has 32 heavy (non-hydrogen) atoms. The number of nitrogens with zero attached hydrogens (tertiary/aromatic N) is 1. The molecule has 0 N–H and O–H groups in total. The van der Waals surface area contributed by atoms with Crippen molar-refractivity contribution in [3.8, 4) is 0 Å². The molecule has 0 spiro atoms. The average Bonchev–Trinajstić information content (AvgIpc) is 2.65. The van der Waals surface area contributed by atoms with Crippen molar-refractivity contribution in [1.82, 2.24) is 0 Å². The smallest absolute Gasteiger partial charge is 0.315 e. The zero-order valence-corrected chi connectivity index (χ0v) is 17.9. The summed E-state index contributed by atoms with van der Waals surface area (Å²) in [6.45, 7) is 4.09. The van der Waals surface area contributed by atoms with E-state index in [1.807, 2.05) is 0 Å². The summed E-state index contributed by atoms with van der Waals surface area (Å²) in [5.41, 5.74) is 1.21. The number of ether oxygens (including phenoxy) is 1.